The summed E-state index contributed by atoms with van der Waals surface area (Å²) in [5, 5.41) is 18.9. The van der Waals surface area contributed by atoms with E-state index < -0.39 is 27.5 Å². The molecule has 2 fully saturated rings. The number of ether oxygens (including phenoxy) is 2. The molecule has 1 saturated heterocycles. The minimum atomic E-state index is -3.78. The summed E-state index contributed by atoms with van der Waals surface area (Å²) in [5.74, 6) is 1.33. The number of nitrogens with zero attached hydrogens (tertiary/aromatic N) is 1. The van der Waals surface area contributed by atoms with Crippen molar-refractivity contribution in [2.45, 2.75) is 36.7 Å². The molecule has 0 unspecified atom stereocenters. The van der Waals surface area contributed by atoms with E-state index in [1.165, 1.54) is 0 Å². The van der Waals surface area contributed by atoms with E-state index in [0.717, 1.165) is 35.1 Å². The second-order valence-corrected chi connectivity index (χ2v) is 12.0. The topological polar surface area (TPSA) is 96.3 Å². The highest BCUT2D eigenvalue weighted by molar-refractivity contribution is 7.93. The summed E-state index contributed by atoms with van der Waals surface area (Å²) in [7, 11) is -2.19. The maximum absolute atomic E-state index is 14.3. The van der Waals surface area contributed by atoms with Gasteiger partial charge in [-0.3, -0.25) is 4.31 Å². The molecule has 3 aliphatic rings. The average molecular weight is 520 g/mol. The Kier molecular flexibility index (Phi) is 5.88. The predicted molar refractivity (Wildman–Crippen MR) is 142 cm³/mol. The number of hydrogen-bond donors (Lipinski definition) is 2. The SMILES string of the molecule is COc1ccc(N(CC2CC2)S(=O)(=O)[C@@H]2C[C@@H]3O[C@H]2C(c2ccc(O)cc2)=C3c2ccc(O)cc2)cc1. The lowest BCUT2D eigenvalue weighted by Gasteiger charge is -2.32. The second-order valence-electron chi connectivity index (χ2n) is 9.96. The lowest BCUT2D eigenvalue weighted by molar-refractivity contribution is 0.128. The number of rotatable bonds is 8. The average Bonchev–Trinajstić information content (AvgIpc) is 3.52. The Balaban J connectivity index is 1.42. The maximum atomic E-state index is 14.3. The third kappa shape index (κ3) is 4.34. The zero-order chi connectivity index (χ0) is 25.7. The van der Waals surface area contributed by atoms with Crippen LogP contribution in [0.4, 0.5) is 5.69 Å². The van der Waals surface area contributed by atoms with E-state index in [4.69, 9.17) is 9.47 Å². The first-order valence-corrected chi connectivity index (χ1v) is 14.0. The summed E-state index contributed by atoms with van der Waals surface area (Å²) in [5.41, 5.74) is 4.07. The number of aromatic hydroxyl groups is 2. The molecule has 192 valence electrons. The van der Waals surface area contributed by atoms with Crippen LogP contribution in [0.25, 0.3) is 11.1 Å². The summed E-state index contributed by atoms with van der Waals surface area (Å²) >= 11 is 0. The van der Waals surface area contributed by atoms with E-state index in [1.54, 1.807) is 72.1 Å². The number of hydrogen-bond acceptors (Lipinski definition) is 6. The van der Waals surface area contributed by atoms with Crippen molar-refractivity contribution in [2.24, 2.45) is 5.92 Å². The molecule has 2 N–H and O–H groups in total. The number of fused-ring (bicyclic) bond motifs is 2. The molecule has 3 atom stereocenters. The molecule has 8 heteroatoms. The van der Waals surface area contributed by atoms with Gasteiger partial charge in [0.1, 0.15) is 28.6 Å². The highest BCUT2D eigenvalue weighted by atomic mass is 32.2. The van der Waals surface area contributed by atoms with Crippen molar-refractivity contribution in [3.8, 4) is 17.2 Å². The van der Waals surface area contributed by atoms with E-state index in [2.05, 4.69) is 0 Å². The van der Waals surface area contributed by atoms with E-state index >= 15 is 0 Å². The molecule has 1 saturated carbocycles. The van der Waals surface area contributed by atoms with Gasteiger partial charge in [0.05, 0.1) is 18.9 Å². The Morgan fingerprint density at radius 1 is 0.865 bits per heavy atom. The quantitative estimate of drug-likeness (QED) is 0.444. The number of methoxy groups -OCH3 is 1. The fourth-order valence-electron chi connectivity index (χ4n) is 5.45. The summed E-state index contributed by atoms with van der Waals surface area (Å²) in [4.78, 5) is 0. The Bertz CT molecular complexity index is 1430. The summed E-state index contributed by atoms with van der Waals surface area (Å²) in [6.07, 6.45) is 1.36. The first-order valence-electron chi connectivity index (χ1n) is 12.5. The highest BCUT2D eigenvalue weighted by Gasteiger charge is 2.54. The van der Waals surface area contributed by atoms with Crippen LogP contribution in [0.3, 0.4) is 0 Å². The Morgan fingerprint density at radius 2 is 1.43 bits per heavy atom. The van der Waals surface area contributed by atoms with Gasteiger partial charge in [0.15, 0.2) is 0 Å². The summed E-state index contributed by atoms with van der Waals surface area (Å²) < 4.78 is 41.8. The number of sulfonamides is 1. The van der Waals surface area contributed by atoms with Crippen LogP contribution >= 0.6 is 0 Å². The van der Waals surface area contributed by atoms with Crippen LogP contribution in [0.1, 0.15) is 30.4 Å². The van der Waals surface area contributed by atoms with Crippen LogP contribution in [-0.4, -0.2) is 49.7 Å². The molecule has 3 aromatic carbocycles. The van der Waals surface area contributed by atoms with Gasteiger partial charge in [0.2, 0.25) is 10.0 Å². The minimum absolute atomic E-state index is 0.138. The third-order valence-corrected chi connectivity index (χ3v) is 9.70. The Labute approximate surface area is 216 Å². The molecule has 0 radical (unpaired) electrons. The monoisotopic (exact) mass is 519 g/mol. The predicted octanol–water partition coefficient (Wildman–Crippen LogP) is 4.80. The lowest BCUT2D eigenvalue weighted by Crippen LogP contribution is -2.44. The number of benzene rings is 3. The van der Waals surface area contributed by atoms with Crippen molar-refractivity contribution in [3.63, 3.8) is 0 Å². The van der Waals surface area contributed by atoms with Gasteiger partial charge in [-0.05, 0) is 96.0 Å². The minimum Gasteiger partial charge on any atom is -0.508 e. The van der Waals surface area contributed by atoms with Crippen molar-refractivity contribution in [1.82, 2.24) is 0 Å². The molecule has 0 aromatic heterocycles. The van der Waals surface area contributed by atoms with Gasteiger partial charge in [-0.2, -0.15) is 0 Å². The van der Waals surface area contributed by atoms with Gasteiger partial charge in [0.25, 0.3) is 0 Å². The van der Waals surface area contributed by atoms with Crippen LogP contribution in [0, 0.1) is 5.92 Å². The van der Waals surface area contributed by atoms with Gasteiger partial charge < -0.3 is 19.7 Å². The molecular weight excluding hydrogens is 490 g/mol. The molecule has 6 rings (SSSR count). The molecule has 2 heterocycles. The molecular formula is C29H29NO6S. The summed E-state index contributed by atoms with van der Waals surface area (Å²) in [6, 6.07) is 20.9. The summed E-state index contributed by atoms with van der Waals surface area (Å²) in [6.45, 7) is 0.450. The van der Waals surface area contributed by atoms with Crippen molar-refractivity contribution in [2.75, 3.05) is 18.0 Å². The van der Waals surface area contributed by atoms with Crippen LogP contribution < -0.4 is 9.04 Å². The Hall–Kier alpha value is -3.49. The van der Waals surface area contributed by atoms with E-state index in [9.17, 15) is 18.6 Å². The molecule has 1 aliphatic carbocycles. The molecule has 0 spiro atoms. The second kappa shape index (κ2) is 9.11. The van der Waals surface area contributed by atoms with Crippen LogP contribution in [0.5, 0.6) is 17.2 Å². The third-order valence-electron chi connectivity index (χ3n) is 7.52. The standard InChI is InChI=1S/C29H29NO6S/c1-35-24-14-8-21(9-15-24)30(17-18-2-3-18)37(33,34)26-16-25-27(19-4-10-22(31)11-5-19)28(29(26)36-25)20-6-12-23(32)13-7-20/h4-15,18,25-26,29,31-32H,2-3,16-17H2,1H3/t25-,26+,29+/m0/s1. The molecule has 3 aromatic rings. The van der Waals surface area contributed by atoms with Gasteiger partial charge >= 0.3 is 0 Å². The number of phenols is 2. The van der Waals surface area contributed by atoms with Gasteiger partial charge in [-0.25, -0.2) is 8.42 Å². The van der Waals surface area contributed by atoms with Gasteiger partial charge in [-0.15, -0.1) is 0 Å². The number of phenolic OH excluding ortho intramolecular Hbond substituents is 2. The van der Waals surface area contributed by atoms with Crippen LogP contribution in [-0.2, 0) is 14.8 Å². The van der Waals surface area contributed by atoms with E-state index in [0.29, 0.717) is 30.3 Å². The van der Waals surface area contributed by atoms with Crippen LogP contribution in [0.2, 0.25) is 0 Å². The first-order chi connectivity index (χ1) is 17.8. The largest absolute Gasteiger partial charge is 0.508 e. The van der Waals surface area contributed by atoms with E-state index in [1.807, 2.05) is 12.1 Å². The van der Waals surface area contributed by atoms with Crippen molar-refractivity contribution in [3.05, 3.63) is 83.9 Å². The van der Waals surface area contributed by atoms with Crippen molar-refractivity contribution in [1.29, 1.82) is 0 Å². The smallest absolute Gasteiger partial charge is 0.241 e. The van der Waals surface area contributed by atoms with E-state index in [-0.39, 0.29) is 11.5 Å². The van der Waals surface area contributed by atoms with Crippen molar-refractivity contribution >= 4 is 26.9 Å². The van der Waals surface area contributed by atoms with Crippen molar-refractivity contribution < 1.29 is 28.1 Å². The Morgan fingerprint density at radius 3 is 1.97 bits per heavy atom. The fraction of sp³-hybridized carbons (Fsp3) is 0.310. The lowest BCUT2D eigenvalue weighted by atomic mass is 9.83. The maximum Gasteiger partial charge on any atom is 0.241 e. The van der Waals surface area contributed by atoms with Crippen LogP contribution in [0.15, 0.2) is 72.8 Å². The van der Waals surface area contributed by atoms with Gasteiger partial charge in [0, 0.05) is 6.54 Å². The molecule has 37 heavy (non-hydrogen) atoms. The highest BCUT2D eigenvalue weighted by Crippen LogP contribution is 2.51. The molecule has 2 aliphatic heterocycles. The fourth-order valence-corrected chi connectivity index (χ4v) is 7.54. The molecule has 7 nitrogen and oxygen atoms in total. The first kappa shape index (κ1) is 23.9. The zero-order valence-electron chi connectivity index (χ0n) is 20.4. The zero-order valence-corrected chi connectivity index (χ0v) is 21.3. The normalized spacial score (nSPS) is 22.9. The molecule has 2 bridgehead atoms. The molecule has 0 amide bonds. The number of anilines is 1. The van der Waals surface area contributed by atoms with Gasteiger partial charge in [-0.1, -0.05) is 24.3 Å².